The minimum absolute atomic E-state index is 0.0548. The zero-order valence-corrected chi connectivity index (χ0v) is 14.5. The van der Waals surface area contributed by atoms with E-state index in [2.05, 4.69) is 28.9 Å². The predicted molar refractivity (Wildman–Crippen MR) is 97.1 cm³/mol. The summed E-state index contributed by atoms with van der Waals surface area (Å²) in [6, 6.07) is 14.2. The summed E-state index contributed by atoms with van der Waals surface area (Å²) >= 11 is 0. The first-order valence-electron chi connectivity index (χ1n) is 8.64. The van der Waals surface area contributed by atoms with E-state index in [4.69, 9.17) is 0 Å². The number of anilines is 1. The first-order chi connectivity index (χ1) is 11.6. The molecule has 1 aliphatic heterocycles. The third-order valence-electron chi connectivity index (χ3n) is 4.74. The lowest BCUT2D eigenvalue weighted by molar-refractivity contribution is 0.0691. The van der Waals surface area contributed by atoms with Gasteiger partial charge in [-0.1, -0.05) is 37.3 Å². The third-order valence-corrected chi connectivity index (χ3v) is 4.74. The normalized spacial score (nSPS) is 15.3. The molecule has 0 unspecified atom stereocenters. The average molecular weight is 323 g/mol. The summed E-state index contributed by atoms with van der Waals surface area (Å²) in [4.78, 5) is 21.0. The van der Waals surface area contributed by atoms with Gasteiger partial charge in [0.05, 0.1) is 11.9 Å². The lowest BCUT2D eigenvalue weighted by Crippen LogP contribution is -2.38. The molecule has 0 bridgehead atoms. The van der Waals surface area contributed by atoms with Crippen LogP contribution in [0.25, 0.3) is 0 Å². The van der Waals surface area contributed by atoms with E-state index in [1.54, 1.807) is 6.20 Å². The van der Waals surface area contributed by atoms with Crippen LogP contribution < -0.4 is 4.90 Å². The van der Waals surface area contributed by atoms with Gasteiger partial charge in [-0.05, 0) is 36.5 Å². The van der Waals surface area contributed by atoms with Crippen molar-refractivity contribution in [2.24, 2.45) is 5.92 Å². The molecule has 0 aliphatic carbocycles. The number of carbonyl (C=O) groups is 1. The molecule has 1 amide bonds. The smallest absolute Gasteiger partial charge is 0.272 e. The number of amides is 1. The summed E-state index contributed by atoms with van der Waals surface area (Å²) in [6.07, 6.45) is 3.97. The van der Waals surface area contributed by atoms with Crippen LogP contribution in [0.3, 0.4) is 0 Å². The fourth-order valence-electron chi connectivity index (χ4n) is 3.06. The minimum Gasteiger partial charge on any atom is -0.369 e. The molecule has 0 spiro atoms. The van der Waals surface area contributed by atoms with Crippen molar-refractivity contribution in [3.05, 3.63) is 59.9 Å². The second-order valence-electron chi connectivity index (χ2n) is 6.72. The Morgan fingerprint density at radius 1 is 1.17 bits per heavy atom. The maximum absolute atomic E-state index is 12.5. The van der Waals surface area contributed by atoms with Gasteiger partial charge in [-0.3, -0.25) is 4.79 Å². The van der Waals surface area contributed by atoms with Crippen LogP contribution in [0.4, 0.5) is 5.69 Å². The van der Waals surface area contributed by atoms with Gasteiger partial charge in [0.15, 0.2) is 0 Å². The highest BCUT2D eigenvalue weighted by Gasteiger charge is 2.22. The topological polar surface area (TPSA) is 36.4 Å². The molecular weight excluding hydrogens is 298 g/mol. The quantitative estimate of drug-likeness (QED) is 0.863. The molecule has 1 aliphatic rings. The highest BCUT2D eigenvalue weighted by Crippen LogP contribution is 2.19. The monoisotopic (exact) mass is 323 g/mol. The summed E-state index contributed by atoms with van der Waals surface area (Å²) in [5.41, 5.74) is 2.81. The molecule has 2 aromatic rings. The number of likely N-dealkylation sites (tertiary alicyclic amines) is 1. The zero-order chi connectivity index (χ0) is 16.9. The van der Waals surface area contributed by atoms with Crippen LogP contribution >= 0.6 is 0 Å². The summed E-state index contributed by atoms with van der Waals surface area (Å²) in [5, 5.41) is 0. The standard InChI is InChI=1S/C20H25N3O/c1-16-10-12-23(13-11-16)20(24)19-9-8-18(14-21-19)22(2)15-17-6-4-3-5-7-17/h3-9,14,16H,10-13,15H2,1-2H3. The van der Waals surface area contributed by atoms with Gasteiger partial charge in [0.25, 0.3) is 5.91 Å². The molecule has 126 valence electrons. The molecule has 1 fully saturated rings. The van der Waals surface area contributed by atoms with E-state index < -0.39 is 0 Å². The maximum atomic E-state index is 12.5. The van der Waals surface area contributed by atoms with Crippen LogP contribution in [-0.2, 0) is 6.54 Å². The lowest BCUT2D eigenvalue weighted by atomic mass is 9.99. The second kappa shape index (κ2) is 7.47. The van der Waals surface area contributed by atoms with Gasteiger partial charge < -0.3 is 9.80 Å². The number of benzene rings is 1. The van der Waals surface area contributed by atoms with Gasteiger partial charge in [0.2, 0.25) is 0 Å². The van der Waals surface area contributed by atoms with Gasteiger partial charge in [0.1, 0.15) is 5.69 Å². The minimum atomic E-state index is 0.0548. The van der Waals surface area contributed by atoms with E-state index in [9.17, 15) is 4.79 Å². The fraction of sp³-hybridized carbons (Fsp3) is 0.400. The van der Waals surface area contributed by atoms with Crippen molar-refractivity contribution >= 4 is 11.6 Å². The first-order valence-corrected chi connectivity index (χ1v) is 8.64. The number of nitrogens with zero attached hydrogens (tertiary/aromatic N) is 3. The van der Waals surface area contributed by atoms with Gasteiger partial charge in [-0.25, -0.2) is 4.98 Å². The van der Waals surface area contributed by atoms with Crippen molar-refractivity contribution < 1.29 is 4.79 Å². The van der Waals surface area contributed by atoms with Crippen LogP contribution in [0.5, 0.6) is 0 Å². The Bertz CT molecular complexity index is 661. The Balaban J connectivity index is 1.63. The number of hydrogen-bond acceptors (Lipinski definition) is 3. The van der Waals surface area contributed by atoms with E-state index in [0.717, 1.165) is 44.1 Å². The Kier molecular flexibility index (Phi) is 5.14. The summed E-state index contributed by atoms with van der Waals surface area (Å²) in [5.74, 6) is 0.773. The molecule has 24 heavy (non-hydrogen) atoms. The third kappa shape index (κ3) is 3.94. The Labute approximate surface area is 144 Å². The molecule has 1 aromatic carbocycles. The van der Waals surface area contributed by atoms with Gasteiger partial charge in [0, 0.05) is 26.7 Å². The Hall–Kier alpha value is -2.36. The maximum Gasteiger partial charge on any atom is 0.272 e. The molecular formula is C20H25N3O. The van der Waals surface area contributed by atoms with Crippen molar-refractivity contribution in [2.45, 2.75) is 26.3 Å². The molecule has 2 heterocycles. The van der Waals surface area contributed by atoms with Gasteiger partial charge in [-0.2, -0.15) is 0 Å². The molecule has 0 atom stereocenters. The number of pyridine rings is 1. The molecule has 0 radical (unpaired) electrons. The largest absolute Gasteiger partial charge is 0.369 e. The predicted octanol–water partition coefficient (Wildman–Crippen LogP) is 3.59. The molecule has 3 rings (SSSR count). The number of rotatable bonds is 4. The zero-order valence-electron chi connectivity index (χ0n) is 14.5. The molecule has 1 saturated heterocycles. The van der Waals surface area contributed by atoms with E-state index in [1.165, 1.54) is 5.56 Å². The Morgan fingerprint density at radius 3 is 2.50 bits per heavy atom. The fourth-order valence-corrected chi connectivity index (χ4v) is 3.06. The number of carbonyl (C=O) groups excluding carboxylic acids is 1. The number of aromatic nitrogens is 1. The van der Waals surface area contributed by atoms with Crippen LogP contribution in [0, 0.1) is 5.92 Å². The van der Waals surface area contributed by atoms with Crippen LogP contribution in [0.15, 0.2) is 48.7 Å². The van der Waals surface area contributed by atoms with E-state index in [0.29, 0.717) is 5.69 Å². The Morgan fingerprint density at radius 2 is 1.88 bits per heavy atom. The van der Waals surface area contributed by atoms with Crippen molar-refractivity contribution in [3.8, 4) is 0 Å². The number of hydrogen-bond donors (Lipinski definition) is 0. The van der Waals surface area contributed by atoms with E-state index in [-0.39, 0.29) is 5.91 Å². The second-order valence-corrected chi connectivity index (χ2v) is 6.72. The van der Waals surface area contributed by atoms with Crippen molar-refractivity contribution in [1.82, 2.24) is 9.88 Å². The first kappa shape index (κ1) is 16.5. The van der Waals surface area contributed by atoms with E-state index >= 15 is 0 Å². The van der Waals surface area contributed by atoms with Crippen LogP contribution in [-0.4, -0.2) is 35.9 Å². The van der Waals surface area contributed by atoms with Crippen molar-refractivity contribution in [3.63, 3.8) is 0 Å². The summed E-state index contributed by atoms with van der Waals surface area (Å²) < 4.78 is 0. The van der Waals surface area contributed by atoms with Crippen molar-refractivity contribution in [1.29, 1.82) is 0 Å². The summed E-state index contributed by atoms with van der Waals surface area (Å²) in [6.45, 7) is 4.76. The molecule has 4 heteroatoms. The van der Waals surface area contributed by atoms with E-state index in [1.807, 2.05) is 42.3 Å². The molecule has 4 nitrogen and oxygen atoms in total. The highest BCUT2D eigenvalue weighted by atomic mass is 16.2. The van der Waals surface area contributed by atoms with Gasteiger partial charge >= 0.3 is 0 Å². The SMILES string of the molecule is CC1CCN(C(=O)c2ccc(N(C)Cc3ccccc3)cn2)CC1. The molecule has 0 N–H and O–H groups in total. The molecule has 0 saturated carbocycles. The van der Waals surface area contributed by atoms with Crippen LogP contribution in [0.1, 0.15) is 35.8 Å². The number of piperidine rings is 1. The highest BCUT2D eigenvalue weighted by molar-refractivity contribution is 5.92. The molecule has 1 aromatic heterocycles. The lowest BCUT2D eigenvalue weighted by Gasteiger charge is -2.30. The average Bonchev–Trinajstić information content (AvgIpc) is 2.63. The van der Waals surface area contributed by atoms with Gasteiger partial charge in [-0.15, -0.1) is 0 Å². The van der Waals surface area contributed by atoms with Crippen molar-refractivity contribution in [2.75, 3.05) is 25.0 Å². The van der Waals surface area contributed by atoms with Crippen LogP contribution in [0.2, 0.25) is 0 Å². The summed E-state index contributed by atoms with van der Waals surface area (Å²) in [7, 11) is 2.04.